The van der Waals surface area contributed by atoms with Crippen molar-refractivity contribution in [2.75, 3.05) is 16.3 Å². The molecular weight excluding hydrogens is 473 g/mol. The lowest BCUT2D eigenvalue weighted by atomic mass is 9.75. The highest BCUT2D eigenvalue weighted by molar-refractivity contribution is 6.10. The molecular formula is C25H23F3N6O2. The Kier molecular flexibility index (Phi) is 5.02. The summed E-state index contributed by atoms with van der Waals surface area (Å²) in [5.41, 5.74) is -2.35. The van der Waals surface area contributed by atoms with Crippen molar-refractivity contribution >= 4 is 17.3 Å². The first-order valence-electron chi connectivity index (χ1n) is 11.9. The van der Waals surface area contributed by atoms with E-state index in [2.05, 4.69) is 21.9 Å². The molecule has 2 aromatic rings. The van der Waals surface area contributed by atoms with Crippen LogP contribution in [-0.2, 0) is 11.0 Å². The second kappa shape index (κ2) is 7.93. The molecule has 1 amide bonds. The van der Waals surface area contributed by atoms with Gasteiger partial charge < -0.3 is 15.0 Å². The van der Waals surface area contributed by atoms with Crippen LogP contribution in [0.25, 0.3) is 0 Å². The highest BCUT2D eigenvalue weighted by atomic mass is 19.4. The van der Waals surface area contributed by atoms with Crippen LogP contribution in [0, 0.1) is 17.2 Å². The second-order valence-corrected chi connectivity index (χ2v) is 9.82. The number of nitrogens with one attached hydrogen (secondary N) is 1. The zero-order chi connectivity index (χ0) is 25.2. The van der Waals surface area contributed by atoms with Gasteiger partial charge in [0.25, 0.3) is 5.91 Å². The summed E-state index contributed by atoms with van der Waals surface area (Å²) in [5, 5.41) is 12.5. The Hall–Kier alpha value is -3.65. The molecule has 4 heterocycles. The summed E-state index contributed by atoms with van der Waals surface area (Å²) in [6, 6.07) is 6.30. The number of carbonyl (C=O) groups excluding carboxylic acids is 1. The van der Waals surface area contributed by atoms with E-state index in [1.807, 2.05) is 0 Å². The number of aromatic nitrogens is 2. The number of fused-ring (bicyclic) bond motifs is 2. The number of piperidine rings is 1. The van der Waals surface area contributed by atoms with Gasteiger partial charge in [0.15, 0.2) is 5.69 Å². The Morgan fingerprint density at radius 1 is 1.19 bits per heavy atom. The van der Waals surface area contributed by atoms with Crippen molar-refractivity contribution in [2.24, 2.45) is 5.92 Å². The molecule has 4 fully saturated rings. The largest absolute Gasteiger partial charge is 0.474 e. The fourth-order valence-corrected chi connectivity index (χ4v) is 5.92. The van der Waals surface area contributed by atoms with E-state index in [0.717, 1.165) is 43.0 Å². The van der Waals surface area contributed by atoms with Crippen molar-refractivity contribution < 1.29 is 22.7 Å². The average Bonchev–Trinajstić information content (AvgIpc) is 3.50. The third kappa shape index (κ3) is 3.35. The van der Waals surface area contributed by atoms with Gasteiger partial charge in [0.05, 0.1) is 29.3 Å². The van der Waals surface area contributed by atoms with Crippen LogP contribution in [0.2, 0.25) is 0 Å². The Labute approximate surface area is 205 Å². The first-order chi connectivity index (χ1) is 17.2. The summed E-state index contributed by atoms with van der Waals surface area (Å²) in [6.07, 6.45) is 1.97. The molecule has 2 aromatic heterocycles. The molecule has 1 N–H and O–H groups in total. The van der Waals surface area contributed by atoms with Crippen LogP contribution < -0.4 is 19.9 Å². The van der Waals surface area contributed by atoms with Crippen LogP contribution in [0.3, 0.4) is 0 Å². The number of carbonyl (C=O) groups is 1. The molecule has 3 atom stereocenters. The number of hydrogen-bond acceptors (Lipinski definition) is 7. The number of anilines is 2. The Morgan fingerprint density at radius 2 is 1.97 bits per heavy atom. The fourth-order valence-electron chi connectivity index (χ4n) is 5.92. The van der Waals surface area contributed by atoms with E-state index in [0.29, 0.717) is 36.4 Å². The normalized spacial score (nSPS) is 26.4. The predicted molar refractivity (Wildman–Crippen MR) is 123 cm³/mol. The number of rotatable bonds is 4. The van der Waals surface area contributed by atoms with Crippen LogP contribution in [-0.4, -0.2) is 40.1 Å². The van der Waals surface area contributed by atoms with Gasteiger partial charge in [0.2, 0.25) is 5.88 Å². The molecule has 3 unspecified atom stereocenters. The molecule has 11 heteroatoms. The van der Waals surface area contributed by atoms with Gasteiger partial charge in [0.1, 0.15) is 23.5 Å². The lowest BCUT2D eigenvalue weighted by Crippen LogP contribution is -2.54. The molecule has 6 rings (SSSR count). The molecule has 36 heavy (non-hydrogen) atoms. The monoisotopic (exact) mass is 496 g/mol. The van der Waals surface area contributed by atoms with E-state index in [1.165, 1.54) is 6.07 Å². The lowest BCUT2D eigenvalue weighted by molar-refractivity contribution is -0.138. The maximum absolute atomic E-state index is 13.6. The first kappa shape index (κ1) is 22.8. The minimum atomic E-state index is -4.79. The molecule has 1 spiro atoms. The van der Waals surface area contributed by atoms with E-state index in [4.69, 9.17) is 10.00 Å². The van der Waals surface area contributed by atoms with Gasteiger partial charge in [0, 0.05) is 24.6 Å². The topological polar surface area (TPSA) is 94.4 Å². The van der Waals surface area contributed by atoms with Crippen LogP contribution in [0.5, 0.6) is 5.88 Å². The Bertz CT molecular complexity index is 1280. The Balaban J connectivity index is 1.30. The number of pyridine rings is 2. The maximum atomic E-state index is 13.6. The van der Waals surface area contributed by atoms with Gasteiger partial charge >= 0.3 is 6.18 Å². The zero-order valence-electron chi connectivity index (χ0n) is 19.3. The van der Waals surface area contributed by atoms with Crippen LogP contribution >= 0.6 is 0 Å². The molecule has 2 bridgehead atoms. The number of ether oxygens (including phenoxy) is 1. The maximum Gasteiger partial charge on any atom is 0.419 e. The summed E-state index contributed by atoms with van der Waals surface area (Å²) < 4.78 is 46.8. The fraction of sp³-hybridized carbons (Fsp3) is 0.440. The van der Waals surface area contributed by atoms with Crippen molar-refractivity contribution in [2.45, 2.75) is 56.0 Å². The Morgan fingerprint density at radius 3 is 2.53 bits per heavy atom. The minimum absolute atomic E-state index is 0.0806. The average molecular weight is 496 g/mol. The molecule has 0 aromatic carbocycles. The number of nitriles is 1. The molecule has 0 radical (unpaired) electrons. The summed E-state index contributed by atoms with van der Waals surface area (Å²) in [6.45, 7) is 5.00. The zero-order valence-corrected chi connectivity index (χ0v) is 19.3. The smallest absolute Gasteiger partial charge is 0.419 e. The van der Waals surface area contributed by atoms with Gasteiger partial charge in [-0.05, 0) is 44.2 Å². The third-order valence-electron chi connectivity index (χ3n) is 7.82. The van der Waals surface area contributed by atoms with Crippen LogP contribution in [0.4, 0.5) is 24.5 Å². The van der Waals surface area contributed by atoms with E-state index < -0.39 is 23.0 Å². The van der Waals surface area contributed by atoms with E-state index >= 15 is 0 Å². The molecule has 2 aliphatic heterocycles. The second-order valence-electron chi connectivity index (χ2n) is 9.82. The summed E-state index contributed by atoms with van der Waals surface area (Å²) in [4.78, 5) is 24.6. The first-order valence-corrected chi connectivity index (χ1v) is 11.9. The molecule has 4 aliphatic rings. The SMILES string of the molecule is C=C1N(c2cnc(C#N)c(C(F)(F)F)c2)C(=O)C2(CCC2)N1c1ccc(OC2CC3CC2CN3)nc1. The predicted octanol–water partition coefficient (Wildman–Crippen LogP) is 3.74. The van der Waals surface area contributed by atoms with E-state index in [1.54, 1.807) is 23.2 Å². The van der Waals surface area contributed by atoms with Crippen molar-refractivity contribution in [3.63, 3.8) is 0 Å². The van der Waals surface area contributed by atoms with E-state index in [9.17, 15) is 18.0 Å². The summed E-state index contributed by atoms with van der Waals surface area (Å²) in [5.74, 6) is 0.821. The number of hydrogen-bond donors (Lipinski definition) is 1. The van der Waals surface area contributed by atoms with Gasteiger partial charge in [-0.15, -0.1) is 0 Å². The lowest BCUT2D eigenvalue weighted by Gasteiger charge is -2.43. The van der Waals surface area contributed by atoms with E-state index in [-0.39, 0.29) is 23.5 Å². The van der Waals surface area contributed by atoms with Crippen molar-refractivity contribution in [3.8, 4) is 11.9 Å². The van der Waals surface area contributed by atoms with Crippen molar-refractivity contribution in [3.05, 3.63) is 54.3 Å². The standard InChI is InChI=1S/C25H23F3N6O2/c1-14-33(18-9-19(25(26,27)28)20(10-29)31-13-18)23(35)24(5-2-6-24)34(14)17-3-4-22(32-12-17)36-21-8-16-7-15(21)11-30-16/h3-4,9,12-13,15-16,21,30H,1-2,5-8,11H2. The molecule has 2 saturated carbocycles. The molecule has 2 aliphatic carbocycles. The molecule has 2 saturated heterocycles. The number of nitrogens with zero attached hydrogens (tertiary/aromatic N) is 5. The van der Waals surface area contributed by atoms with Gasteiger partial charge in [-0.25, -0.2) is 9.97 Å². The summed E-state index contributed by atoms with van der Waals surface area (Å²) >= 11 is 0. The molecule has 8 nitrogen and oxygen atoms in total. The highest BCUT2D eigenvalue weighted by Gasteiger charge is 2.59. The molecule has 186 valence electrons. The van der Waals surface area contributed by atoms with Gasteiger partial charge in [-0.2, -0.15) is 18.4 Å². The van der Waals surface area contributed by atoms with Crippen molar-refractivity contribution in [1.82, 2.24) is 15.3 Å². The number of halogens is 3. The summed E-state index contributed by atoms with van der Waals surface area (Å²) in [7, 11) is 0. The minimum Gasteiger partial charge on any atom is -0.474 e. The van der Waals surface area contributed by atoms with Crippen LogP contribution in [0.1, 0.15) is 43.4 Å². The van der Waals surface area contributed by atoms with Crippen molar-refractivity contribution in [1.29, 1.82) is 5.26 Å². The van der Waals surface area contributed by atoms with Gasteiger partial charge in [-0.1, -0.05) is 6.58 Å². The van der Waals surface area contributed by atoms with Gasteiger partial charge in [-0.3, -0.25) is 9.69 Å². The number of alkyl halides is 3. The number of amides is 1. The highest BCUT2D eigenvalue weighted by Crippen LogP contribution is 2.50. The third-order valence-corrected chi connectivity index (χ3v) is 7.82. The quantitative estimate of drug-likeness (QED) is 0.689. The van der Waals surface area contributed by atoms with Crippen LogP contribution in [0.15, 0.2) is 43.0 Å².